The first kappa shape index (κ1) is 13.3. The predicted octanol–water partition coefficient (Wildman–Crippen LogP) is 2.36. The third kappa shape index (κ3) is 3.42. The van der Waals surface area contributed by atoms with Gasteiger partial charge in [0.25, 0.3) is 0 Å². The van der Waals surface area contributed by atoms with Crippen LogP contribution in [0.4, 0.5) is 5.95 Å². The van der Waals surface area contributed by atoms with Crippen LogP contribution < -0.4 is 10.2 Å². The number of nitrogens with zero attached hydrogens (tertiary/aromatic N) is 3. The molecule has 100 valence electrons. The van der Waals surface area contributed by atoms with E-state index in [4.69, 9.17) is 0 Å². The zero-order chi connectivity index (χ0) is 12.8. The van der Waals surface area contributed by atoms with Crippen molar-refractivity contribution < 1.29 is 0 Å². The summed E-state index contributed by atoms with van der Waals surface area (Å²) >= 11 is 0. The van der Waals surface area contributed by atoms with Gasteiger partial charge in [-0.05, 0) is 25.8 Å². The van der Waals surface area contributed by atoms with E-state index >= 15 is 0 Å². The first-order valence-corrected chi connectivity index (χ1v) is 7.05. The van der Waals surface area contributed by atoms with Crippen LogP contribution in [0.1, 0.15) is 44.6 Å². The third-order valence-electron chi connectivity index (χ3n) is 3.64. The molecule has 1 N–H and O–H groups in total. The maximum atomic E-state index is 4.48. The number of anilines is 1. The van der Waals surface area contributed by atoms with Gasteiger partial charge in [-0.3, -0.25) is 0 Å². The molecule has 1 saturated carbocycles. The average molecular weight is 248 g/mol. The molecule has 1 aliphatic rings. The van der Waals surface area contributed by atoms with Crippen LogP contribution in [0.25, 0.3) is 0 Å². The Kier molecular flexibility index (Phi) is 4.93. The second kappa shape index (κ2) is 6.69. The second-order valence-electron chi connectivity index (χ2n) is 5.12. The Labute approximate surface area is 110 Å². The lowest BCUT2D eigenvalue weighted by molar-refractivity contribution is 0.634. The van der Waals surface area contributed by atoms with Crippen LogP contribution in [0.15, 0.2) is 12.4 Å². The minimum atomic E-state index is 0.633. The summed E-state index contributed by atoms with van der Waals surface area (Å²) in [4.78, 5) is 11.2. The van der Waals surface area contributed by atoms with Crippen LogP contribution in [-0.2, 0) is 6.54 Å². The fourth-order valence-corrected chi connectivity index (χ4v) is 2.49. The number of nitrogens with one attached hydrogen (secondary N) is 1. The molecule has 0 amide bonds. The maximum Gasteiger partial charge on any atom is 0.225 e. The summed E-state index contributed by atoms with van der Waals surface area (Å²) in [6.45, 7) is 4.08. The molecule has 0 aromatic carbocycles. The SMILES string of the molecule is CCCNCc1cnc(N(C)C2CCCC2)nc1. The molecule has 0 radical (unpaired) electrons. The van der Waals surface area contributed by atoms with Crippen LogP contribution in [0.2, 0.25) is 0 Å². The maximum absolute atomic E-state index is 4.48. The van der Waals surface area contributed by atoms with E-state index in [-0.39, 0.29) is 0 Å². The Morgan fingerprint density at radius 1 is 1.28 bits per heavy atom. The van der Waals surface area contributed by atoms with Gasteiger partial charge in [-0.15, -0.1) is 0 Å². The largest absolute Gasteiger partial charge is 0.341 e. The van der Waals surface area contributed by atoms with Crippen LogP contribution in [0, 0.1) is 0 Å². The summed E-state index contributed by atoms with van der Waals surface area (Å²) < 4.78 is 0. The van der Waals surface area contributed by atoms with Gasteiger partial charge < -0.3 is 10.2 Å². The van der Waals surface area contributed by atoms with Gasteiger partial charge in [0, 0.05) is 37.6 Å². The van der Waals surface area contributed by atoms with Crippen molar-refractivity contribution in [2.24, 2.45) is 0 Å². The zero-order valence-electron chi connectivity index (χ0n) is 11.5. The minimum absolute atomic E-state index is 0.633. The van der Waals surface area contributed by atoms with Crippen LogP contribution in [0.3, 0.4) is 0 Å². The highest BCUT2D eigenvalue weighted by atomic mass is 15.2. The molecule has 18 heavy (non-hydrogen) atoms. The van der Waals surface area contributed by atoms with Crippen molar-refractivity contribution in [3.8, 4) is 0 Å². The molecule has 1 aromatic rings. The number of hydrogen-bond donors (Lipinski definition) is 1. The summed E-state index contributed by atoms with van der Waals surface area (Å²) in [5, 5.41) is 3.36. The molecule has 0 atom stereocenters. The van der Waals surface area contributed by atoms with Crippen molar-refractivity contribution in [2.75, 3.05) is 18.5 Å². The van der Waals surface area contributed by atoms with Crippen molar-refractivity contribution >= 4 is 5.95 Å². The van der Waals surface area contributed by atoms with E-state index in [1.165, 1.54) is 25.7 Å². The molecular formula is C14H24N4. The summed E-state index contributed by atoms with van der Waals surface area (Å²) in [7, 11) is 2.11. The lowest BCUT2D eigenvalue weighted by Gasteiger charge is -2.24. The monoisotopic (exact) mass is 248 g/mol. The van der Waals surface area contributed by atoms with Gasteiger partial charge in [0.15, 0.2) is 0 Å². The molecule has 1 heterocycles. The first-order chi connectivity index (χ1) is 8.81. The molecule has 2 rings (SSSR count). The van der Waals surface area contributed by atoms with E-state index in [1.54, 1.807) is 0 Å². The van der Waals surface area contributed by atoms with Crippen LogP contribution in [-0.4, -0.2) is 29.6 Å². The highest BCUT2D eigenvalue weighted by Gasteiger charge is 2.21. The Morgan fingerprint density at radius 2 is 1.94 bits per heavy atom. The minimum Gasteiger partial charge on any atom is -0.341 e. The van der Waals surface area contributed by atoms with Gasteiger partial charge in [0.1, 0.15) is 0 Å². The van der Waals surface area contributed by atoms with Gasteiger partial charge in [-0.2, -0.15) is 0 Å². The molecule has 0 aliphatic heterocycles. The van der Waals surface area contributed by atoms with Gasteiger partial charge in [-0.25, -0.2) is 9.97 Å². The molecule has 4 nitrogen and oxygen atoms in total. The fourth-order valence-electron chi connectivity index (χ4n) is 2.49. The highest BCUT2D eigenvalue weighted by Crippen LogP contribution is 2.24. The summed E-state index contributed by atoms with van der Waals surface area (Å²) in [6, 6.07) is 0.633. The summed E-state index contributed by atoms with van der Waals surface area (Å²) in [5.74, 6) is 0.862. The molecular weight excluding hydrogens is 224 g/mol. The normalized spacial score (nSPS) is 16.1. The van der Waals surface area contributed by atoms with Crippen LogP contribution >= 0.6 is 0 Å². The summed E-state index contributed by atoms with van der Waals surface area (Å²) in [5.41, 5.74) is 1.16. The lowest BCUT2D eigenvalue weighted by atomic mass is 10.2. The topological polar surface area (TPSA) is 41.1 Å². The number of hydrogen-bond acceptors (Lipinski definition) is 4. The average Bonchev–Trinajstić information content (AvgIpc) is 2.93. The van der Waals surface area contributed by atoms with Gasteiger partial charge in [-0.1, -0.05) is 19.8 Å². The Balaban J connectivity index is 1.89. The Bertz CT molecular complexity index is 343. The molecule has 4 heteroatoms. The molecule has 0 bridgehead atoms. The summed E-state index contributed by atoms with van der Waals surface area (Å²) in [6.07, 6.45) is 10.3. The van der Waals surface area contributed by atoms with E-state index in [0.717, 1.165) is 31.0 Å². The number of rotatable bonds is 6. The molecule has 0 spiro atoms. The molecule has 1 aromatic heterocycles. The standard InChI is InChI=1S/C14H24N4/c1-3-8-15-9-12-10-16-14(17-11-12)18(2)13-6-4-5-7-13/h10-11,13,15H,3-9H2,1-2H3. The Morgan fingerprint density at radius 3 is 2.56 bits per heavy atom. The lowest BCUT2D eigenvalue weighted by Crippen LogP contribution is -2.30. The van der Waals surface area contributed by atoms with E-state index in [2.05, 4.69) is 34.2 Å². The van der Waals surface area contributed by atoms with Crippen molar-refractivity contribution in [1.29, 1.82) is 0 Å². The van der Waals surface area contributed by atoms with E-state index in [9.17, 15) is 0 Å². The smallest absolute Gasteiger partial charge is 0.225 e. The van der Waals surface area contributed by atoms with Crippen molar-refractivity contribution in [2.45, 2.75) is 51.6 Å². The van der Waals surface area contributed by atoms with E-state index in [0.29, 0.717) is 6.04 Å². The third-order valence-corrected chi connectivity index (χ3v) is 3.64. The van der Waals surface area contributed by atoms with Crippen molar-refractivity contribution in [1.82, 2.24) is 15.3 Å². The Hall–Kier alpha value is -1.16. The second-order valence-corrected chi connectivity index (χ2v) is 5.12. The van der Waals surface area contributed by atoms with E-state index in [1.807, 2.05) is 12.4 Å². The highest BCUT2D eigenvalue weighted by molar-refractivity contribution is 5.30. The van der Waals surface area contributed by atoms with Crippen molar-refractivity contribution in [3.05, 3.63) is 18.0 Å². The molecule has 1 aliphatic carbocycles. The van der Waals surface area contributed by atoms with E-state index < -0.39 is 0 Å². The number of aromatic nitrogens is 2. The quantitative estimate of drug-likeness (QED) is 0.785. The van der Waals surface area contributed by atoms with Gasteiger partial charge >= 0.3 is 0 Å². The molecule has 0 saturated heterocycles. The zero-order valence-corrected chi connectivity index (χ0v) is 11.5. The predicted molar refractivity (Wildman–Crippen MR) is 74.7 cm³/mol. The first-order valence-electron chi connectivity index (χ1n) is 7.05. The fraction of sp³-hybridized carbons (Fsp3) is 0.714. The molecule has 0 unspecified atom stereocenters. The van der Waals surface area contributed by atoms with Gasteiger partial charge in [0.2, 0.25) is 5.95 Å². The van der Waals surface area contributed by atoms with Crippen LogP contribution in [0.5, 0.6) is 0 Å². The molecule has 1 fully saturated rings. The van der Waals surface area contributed by atoms with Crippen molar-refractivity contribution in [3.63, 3.8) is 0 Å². The van der Waals surface area contributed by atoms with Gasteiger partial charge in [0.05, 0.1) is 0 Å².